The third kappa shape index (κ3) is 2.97. The van der Waals surface area contributed by atoms with E-state index in [2.05, 4.69) is 5.10 Å². The summed E-state index contributed by atoms with van der Waals surface area (Å²) >= 11 is 0. The molecule has 1 fully saturated rings. The minimum absolute atomic E-state index is 0.0579. The second kappa shape index (κ2) is 6.17. The predicted octanol–water partition coefficient (Wildman–Crippen LogP) is 1.32. The molecule has 2 aliphatic heterocycles. The average Bonchev–Trinajstić information content (AvgIpc) is 3.18. The van der Waals surface area contributed by atoms with Gasteiger partial charge >= 0.3 is 0 Å². The number of sulfone groups is 1. The van der Waals surface area contributed by atoms with Crippen molar-refractivity contribution in [3.05, 3.63) is 41.7 Å². The fraction of sp³-hybridized carbons (Fsp3) is 0.471. The van der Waals surface area contributed by atoms with Gasteiger partial charge in [0.25, 0.3) is 0 Å². The fourth-order valence-electron chi connectivity index (χ4n) is 3.78. The van der Waals surface area contributed by atoms with Crippen LogP contribution < -0.4 is 0 Å². The molecule has 7 nitrogen and oxygen atoms in total. The highest BCUT2D eigenvalue weighted by molar-refractivity contribution is 7.92. The van der Waals surface area contributed by atoms with Gasteiger partial charge in [-0.25, -0.2) is 16.8 Å². The van der Waals surface area contributed by atoms with Crippen LogP contribution in [0.2, 0.25) is 0 Å². The molecule has 0 saturated carbocycles. The molecule has 0 radical (unpaired) electrons. The number of benzene rings is 1. The lowest BCUT2D eigenvalue weighted by atomic mass is 9.93. The van der Waals surface area contributed by atoms with Crippen LogP contribution in [0.3, 0.4) is 0 Å². The molecule has 1 aromatic heterocycles. The maximum absolute atomic E-state index is 13.0. The Morgan fingerprint density at radius 3 is 2.58 bits per heavy atom. The maximum atomic E-state index is 13.0. The number of hydrogen-bond acceptors (Lipinski definition) is 5. The zero-order valence-electron chi connectivity index (χ0n) is 14.5. The number of aryl methyl sites for hydroxylation is 2. The van der Waals surface area contributed by atoms with E-state index in [0.29, 0.717) is 31.0 Å². The molecule has 0 unspecified atom stereocenters. The van der Waals surface area contributed by atoms with Gasteiger partial charge in [-0.2, -0.15) is 9.40 Å². The summed E-state index contributed by atoms with van der Waals surface area (Å²) < 4.78 is 53.3. The lowest BCUT2D eigenvalue weighted by molar-refractivity contribution is 0.319. The average molecular weight is 396 g/mol. The van der Waals surface area contributed by atoms with Gasteiger partial charge in [0.15, 0.2) is 9.84 Å². The monoisotopic (exact) mass is 395 g/mol. The molecule has 9 heteroatoms. The molecule has 2 aromatic rings. The van der Waals surface area contributed by atoms with Gasteiger partial charge in [-0.3, -0.25) is 4.68 Å². The molecule has 0 amide bonds. The fourth-order valence-corrected chi connectivity index (χ4v) is 6.93. The van der Waals surface area contributed by atoms with Crippen LogP contribution in [0.25, 0.3) is 0 Å². The van der Waals surface area contributed by atoms with Crippen molar-refractivity contribution in [2.45, 2.75) is 35.0 Å². The Hall–Kier alpha value is -1.71. The first-order chi connectivity index (χ1) is 12.3. The zero-order chi connectivity index (χ0) is 18.5. The van der Waals surface area contributed by atoms with Crippen LogP contribution >= 0.6 is 0 Å². The number of rotatable bonds is 3. The van der Waals surface area contributed by atoms with Crippen molar-refractivity contribution >= 4 is 19.9 Å². The third-order valence-corrected chi connectivity index (χ3v) is 8.99. The summed E-state index contributed by atoms with van der Waals surface area (Å²) in [5.41, 5.74) is 1.84. The molecule has 0 N–H and O–H groups in total. The van der Waals surface area contributed by atoms with Crippen LogP contribution in [0.15, 0.2) is 40.4 Å². The van der Waals surface area contributed by atoms with Crippen molar-refractivity contribution in [1.82, 2.24) is 14.1 Å². The zero-order valence-corrected chi connectivity index (χ0v) is 16.1. The minimum atomic E-state index is -3.69. The lowest BCUT2D eigenvalue weighted by Gasteiger charge is -2.30. The summed E-state index contributed by atoms with van der Waals surface area (Å²) in [6.45, 7) is 0.845. The first kappa shape index (κ1) is 17.7. The molecular formula is C17H21N3O4S2. The van der Waals surface area contributed by atoms with Crippen molar-refractivity contribution < 1.29 is 16.8 Å². The Bertz CT molecular complexity index is 1050. The topological polar surface area (TPSA) is 89.3 Å². The Morgan fingerprint density at radius 2 is 1.92 bits per heavy atom. The molecule has 0 atom stereocenters. The van der Waals surface area contributed by atoms with E-state index >= 15 is 0 Å². The SMILES string of the molecule is Cn1cc(C2CCN(S(=O)(=O)c3ccc4c(c3)S(=O)(=O)CC4)CC2)cn1. The van der Waals surface area contributed by atoms with Gasteiger partial charge in [-0.15, -0.1) is 0 Å². The van der Waals surface area contributed by atoms with Crippen LogP contribution in [-0.4, -0.2) is 49.8 Å². The minimum Gasteiger partial charge on any atom is -0.276 e. The molecule has 26 heavy (non-hydrogen) atoms. The van der Waals surface area contributed by atoms with E-state index in [1.807, 2.05) is 19.4 Å². The first-order valence-corrected chi connectivity index (χ1v) is 11.7. The number of nitrogens with zero attached hydrogens (tertiary/aromatic N) is 3. The van der Waals surface area contributed by atoms with Gasteiger partial charge in [0, 0.05) is 26.3 Å². The molecule has 0 bridgehead atoms. The molecule has 0 spiro atoms. The standard InChI is InChI=1S/C17H21N3O4S2/c1-19-12-15(11-18-19)13-4-7-20(8-5-13)26(23,24)16-3-2-14-6-9-25(21,22)17(14)10-16/h2-3,10-13H,4-9H2,1H3. The van der Waals surface area contributed by atoms with E-state index in [4.69, 9.17) is 0 Å². The van der Waals surface area contributed by atoms with Crippen LogP contribution in [-0.2, 0) is 33.3 Å². The summed E-state index contributed by atoms with van der Waals surface area (Å²) in [6.07, 6.45) is 5.72. The summed E-state index contributed by atoms with van der Waals surface area (Å²) in [5.74, 6) is 0.359. The van der Waals surface area contributed by atoms with Crippen molar-refractivity contribution in [3.8, 4) is 0 Å². The van der Waals surface area contributed by atoms with Gasteiger partial charge in [-0.1, -0.05) is 6.07 Å². The van der Waals surface area contributed by atoms with E-state index in [9.17, 15) is 16.8 Å². The van der Waals surface area contributed by atoms with Crippen molar-refractivity contribution in [1.29, 1.82) is 0 Å². The molecule has 0 aliphatic carbocycles. The third-order valence-electron chi connectivity index (χ3n) is 5.30. The Balaban J connectivity index is 1.55. The van der Waals surface area contributed by atoms with E-state index in [1.165, 1.54) is 16.4 Å². The number of hydrogen-bond donors (Lipinski definition) is 0. The summed E-state index contributed by atoms with van der Waals surface area (Å²) in [7, 11) is -5.17. The summed E-state index contributed by atoms with van der Waals surface area (Å²) in [5, 5.41) is 4.18. The molecular weight excluding hydrogens is 374 g/mol. The second-order valence-corrected chi connectivity index (χ2v) is 11.0. The molecule has 4 rings (SSSR count). The number of piperidine rings is 1. The number of aromatic nitrogens is 2. The van der Waals surface area contributed by atoms with Crippen molar-refractivity contribution in [3.63, 3.8) is 0 Å². The Morgan fingerprint density at radius 1 is 1.19 bits per heavy atom. The smallest absolute Gasteiger partial charge is 0.243 e. The molecule has 140 valence electrons. The summed E-state index contributed by atoms with van der Waals surface area (Å²) in [6, 6.07) is 4.50. The van der Waals surface area contributed by atoms with E-state index in [-0.39, 0.29) is 15.5 Å². The maximum Gasteiger partial charge on any atom is 0.243 e. The normalized spacial score (nSPS) is 21.0. The highest BCUT2D eigenvalue weighted by Crippen LogP contribution is 2.33. The van der Waals surface area contributed by atoms with E-state index in [0.717, 1.165) is 18.4 Å². The summed E-state index contributed by atoms with van der Waals surface area (Å²) in [4.78, 5) is 0.241. The molecule has 1 saturated heterocycles. The van der Waals surface area contributed by atoms with Crippen LogP contribution in [0.1, 0.15) is 29.9 Å². The highest BCUT2D eigenvalue weighted by Gasteiger charge is 2.33. The van der Waals surface area contributed by atoms with Crippen LogP contribution in [0.5, 0.6) is 0 Å². The Labute approximate surface area is 153 Å². The predicted molar refractivity (Wildman–Crippen MR) is 96.1 cm³/mol. The van der Waals surface area contributed by atoms with E-state index in [1.54, 1.807) is 10.7 Å². The van der Waals surface area contributed by atoms with Crippen LogP contribution in [0, 0.1) is 0 Å². The van der Waals surface area contributed by atoms with E-state index < -0.39 is 19.9 Å². The highest BCUT2D eigenvalue weighted by atomic mass is 32.2. The number of sulfonamides is 1. The quantitative estimate of drug-likeness (QED) is 0.782. The van der Waals surface area contributed by atoms with Gasteiger partial charge in [0.05, 0.1) is 21.7 Å². The molecule has 2 aliphatic rings. The van der Waals surface area contributed by atoms with Gasteiger partial charge in [0.2, 0.25) is 10.0 Å². The lowest BCUT2D eigenvalue weighted by Crippen LogP contribution is -2.37. The number of fused-ring (bicyclic) bond motifs is 1. The van der Waals surface area contributed by atoms with Crippen molar-refractivity contribution in [2.75, 3.05) is 18.8 Å². The second-order valence-electron chi connectivity index (χ2n) is 6.96. The largest absolute Gasteiger partial charge is 0.276 e. The first-order valence-electron chi connectivity index (χ1n) is 8.62. The van der Waals surface area contributed by atoms with Gasteiger partial charge in [-0.05, 0) is 48.4 Å². The Kier molecular flexibility index (Phi) is 4.20. The van der Waals surface area contributed by atoms with Gasteiger partial charge in [0.1, 0.15) is 0 Å². The molecule has 3 heterocycles. The van der Waals surface area contributed by atoms with Crippen LogP contribution in [0.4, 0.5) is 0 Å². The van der Waals surface area contributed by atoms with Crippen molar-refractivity contribution in [2.24, 2.45) is 7.05 Å². The molecule has 1 aromatic carbocycles. The van der Waals surface area contributed by atoms with Gasteiger partial charge < -0.3 is 0 Å².